The van der Waals surface area contributed by atoms with Gasteiger partial charge < -0.3 is 10.4 Å². The van der Waals surface area contributed by atoms with Crippen molar-refractivity contribution in [3.05, 3.63) is 59.9 Å². The van der Waals surface area contributed by atoms with Crippen LogP contribution in [0, 0.1) is 0 Å². The summed E-state index contributed by atoms with van der Waals surface area (Å²) >= 11 is 0. The van der Waals surface area contributed by atoms with Crippen molar-refractivity contribution in [3.63, 3.8) is 0 Å². The molecule has 2 atom stereocenters. The van der Waals surface area contributed by atoms with E-state index in [1.54, 1.807) is 18.3 Å². The normalized spacial score (nSPS) is 14.1. The highest BCUT2D eigenvalue weighted by Gasteiger charge is 2.10. The molecule has 18 heavy (non-hydrogen) atoms. The van der Waals surface area contributed by atoms with Crippen molar-refractivity contribution in [1.82, 2.24) is 10.3 Å². The van der Waals surface area contributed by atoms with E-state index in [1.807, 2.05) is 24.4 Å². The zero-order valence-electron chi connectivity index (χ0n) is 10.7. The van der Waals surface area contributed by atoms with Crippen LogP contribution in [-0.4, -0.2) is 10.1 Å². The third-order valence-electron chi connectivity index (χ3n) is 3.08. The summed E-state index contributed by atoms with van der Waals surface area (Å²) in [6.07, 6.45) is 3.65. The Morgan fingerprint density at radius 1 is 1.00 bits per heavy atom. The third kappa shape index (κ3) is 3.08. The van der Waals surface area contributed by atoms with E-state index in [4.69, 9.17) is 0 Å². The number of benzene rings is 1. The number of aromatic hydroxyl groups is 1. The maximum atomic E-state index is 9.27. The van der Waals surface area contributed by atoms with E-state index in [1.165, 1.54) is 5.56 Å². The highest BCUT2D eigenvalue weighted by atomic mass is 16.3. The average Bonchev–Trinajstić information content (AvgIpc) is 2.40. The third-order valence-corrected chi connectivity index (χ3v) is 3.08. The van der Waals surface area contributed by atoms with Gasteiger partial charge in [-0.25, -0.2) is 0 Å². The summed E-state index contributed by atoms with van der Waals surface area (Å²) < 4.78 is 0. The van der Waals surface area contributed by atoms with Crippen LogP contribution in [0.3, 0.4) is 0 Å². The number of hydrogen-bond donors (Lipinski definition) is 2. The molecule has 1 heterocycles. The Labute approximate surface area is 108 Å². The highest BCUT2D eigenvalue weighted by molar-refractivity contribution is 5.28. The minimum absolute atomic E-state index is 0.223. The van der Waals surface area contributed by atoms with Gasteiger partial charge in [-0.05, 0) is 43.2 Å². The van der Waals surface area contributed by atoms with Crippen LogP contribution in [0.1, 0.15) is 37.1 Å². The molecule has 0 spiro atoms. The van der Waals surface area contributed by atoms with E-state index >= 15 is 0 Å². The van der Waals surface area contributed by atoms with Gasteiger partial charge in [0.2, 0.25) is 0 Å². The maximum absolute atomic E-state index is 9.27. The van der Waals surface area contributed by atoms with Gasteiger partial charge in [0, 0.05) is 24.5 Å². The van der Waals surface area contributed by atoms with E-state index in [0.717, 1.165) is 5.56 Å². The van der Waals surface area contributed by atoms with Crippen LogP contribution in [0.15, 0.2) is 48.8 Å². The number of nitrogens with one attached hydrogen (secondary N) is 1. The van der Waals surface area contributed by atoms with Crippen LogP contribution < -0.4 is 5.32 Å². The Balaban J connectivity index is 2.03. The lowest BCUT2D eigenvalue weighted by molar-refractivity contribution is 0.472. The topological polar surface area (TPSA) is 45.2 Å². The molecule has 0 saturated heterocycles. The molecule has 0 aliphatic heterocycles. The van der Waals surface area contributed by atoms with Gasteiger partial charge in [0.25, 0.3) is 0 Å². The van der Waals surface area contributed by atoms with Crippen LogP contribution >= 0.6 is 0 Å². The van der Waals surface area contributed by atoms with Crippen molar-refractivity contribution < 1.29 is 5.11 Å². The molecular formula is C15H18N2O. The van der Waals surface area contributed by atoms with Crippen LogP contribution in [-0.2, 0) is 0 Å². The Kier molecular flexibility index (Phi) is 3.95. The maximum Gasteiger partial charge on any atom is 0.115 e. The fourth-order valence-corrected chi connectivity index (χ4v) is 1.96. The van der Waals surface area contributed by atoms with Crippen molar-refractivity contribution >= 4 is 0 Å². The number of hydrogen-bond acceptors (Lipinski definition) is 3. The molecule has 1 aromatic carbocycles. The molecule has 0 bridgehead atoms. The number of phenolic OH excluding ortho intramolecular Hbond substituents is 1. The van der Waals surface area contributed by atoms with Gasteiger partial charge in [0.1, 0.15) is 5.75 Å². The minimum atomic E-state index is 0.223. The SMILES string of the molecule is CC(N[C@H](C)c1cccnc1)c1ccc(O)cc1. The van der Waals surface area contributed by atoms with Crippen LogP contribution in [0.25, 0.3) is 0 Å². The average molecular weight is 242 g/mol. The lowest BCUT2D eigenvalue weighted by Gasteiger charge is -2.20. The molecule has 3 nitrogen and oxygen atoms in total. The fraction of sp³-hybridized carbons (Fsp3) is 0.267. The Morgan fingerprint density at radius 3 is 2.28 bits per heavy atom. The molecule has 2 rings (SSSR count). The summed E-state index contributed by atoms with van der Waals surface area (Å²) in [7, 11) is 0. The fourth-order valence-electron chi connectivity index (χ4n) is 1.96. The lowest BCUT2D eigenvalue weighted by atomic mass is 10.1. The van der Waals surface area contributed by atoms with Crippen molar-refractivity contribution in [2.75, 3.05) is 0 Å². The summed E-state index contributed by atoms with van der Waals surface area (Å²) in [5, 5.41) is 12.8. The second-order valence-corrected chi connectivity index (χ2v) is 4.49. The first-order valence-electron chi connectivity index (χ1n) is 6.11. The molecule has 0 radical (unpaired) electrons. The molecule has 0 saturated carbocycles. The Bertz CT molecular complexity index is 482. The van der Waals surface area contributed by atoms with Crippen LogP contribution in [0.4, 0.5) is 0 Å². The zero-order chi connectivity index (χ0) is 13.0. The van der Waals surface area contributed by atoms with Gasteiger partial charge in [-0.15, -0.1) is 0 Å². The molecule has 0 fully saturated rings. The quantitative estimate of drug-likeness (QED) is 0.865. The standard InChI is InChI=1S/C15H18N2O/c1-11(13-5-7-15(18)8-6-13)17-12(2)14-4-3-9-16-10-14/h3-12,17-18H,1-2H3/t11?,12-/m1/s1. The largest absolute Gasteiger partial charge is 0.508 e. The Hall–Kier alpha value is -1.87. The van der Waals surface area contributed by atoms with Crippen LogP contribution in [0.2, 0.25) is 0 Å². The molecule has 2 N–H and O–H groups in total. The summed E-state index contributed by atoms with van der Waals surface area (Å²) in [5.41, 5.74) is 2.33. The molecule has 94 valence electrons. The van der Waals surface area contributed by atoms with Crippen LogP contribution in [0.5, 0.6) is 5.75 Å². The zero-order valence-corrected chi connectivity index (χ0v) is 10.7. The molecule has 0 aliphatic carbocycles. The molecule has 3 heteroatoms. The molecule has 2 aromatic rings. The smallest absolute Gasteiger partial charge is 0.115 e. The molecular weight excluding hydrogens is 224 g/mol. The van der Waals surface area contributed by atoms with Crippen molar-refractivity contribution in [2.45, 2.75) is 25.9 Å². The van der Waals surface area contributed by atoms with Gasteiger partial charge in [-0.3, -0.25) is 4.98 Å². The second-order valence-electron chi connectivity index (χ2n) is 4.49. The predicted molar refractivity (Wildman–Crippen MR) is 72.3 cm³/mol. The van der Waals surface area contributed by atoms with Gasteiger partial charge in [0.05, 0.1) is 0 Å². The van der Waals surface area contributed by atoms with E-state index in [9.17, 15) is 5.11 Å². The molecule has 0 aliphatic rings. The Morgan fingerprint density at radius 2 is 1.67 bits per heavy atom. The first kappa shape index (κ1) is 12.6. The summed E-state index contributed by atoms with van der Waals surface area (Å²) in [5.74, 6) is 0.297. The van der Waals surface area contributed by atoms with E-state index < -0.39 is 0 Å². The van der Waals surface area contributed by atoms with Gasteiger partial charge in [-0.1, -0.05) is 18.2 Å². The summed E-state index contributed by atoms with van der Waals surface area (Å²) in [6.45, 7) is 4.23. The molecule has 1 aromatic heterocycles. The number of rotatable bonds is 4. The van der Waals surface area contributed by atoms with Gasteiger partial charge >= 0.3 is 0 Å². The number of pyridine rings is 1. The predicted octanol–water partition coefficient (Wildman–Crippen LogP) is 3.20. The van der Waals surface area contributed by atoms with Gasteiger partial charge in [-0.2, -0.15) is 0 Å². The second kappa shape index (κ2) is 5.65. The van der Waals surface area contributed by atoms with Crippen molar-refractivity contribution in [3.8, 4) is 5.75 Å². The van der Waals surface area contributed by atoms with Gasteiger partial charge in [0.15, 0.2) is 0 Å². The van der Waals surface area contributed by atoms with Crippen molar-refractivity contribution in [1.29, 1.82) is 0 Å². The minimum Gasteiger partial charge on any atom is -0.508 e. The summed E-state index contributed by atoms with van der Waals surface area (Å²) in [6, 6.07) is 11.8. The summed E-state index contributed by atoms with van der Waals surface area (Å²) in [4.78, 5) is 4.12. The van der Waals surface area contributed by atoms with Crippen molar-refractivity contribution in [2.24, 2.45) is 0 Å². The molecule has 0 amide bonds. The monoisotopic (exact) mass is 242 g/mol. The number of phenols is 1. The first-order chi connectivity index (χ1) is 8.66. The number of nitrogens with zero attached hydrogens (tertiary/aromatic N) is 1. The van der Waals surface area contributed by atoms with E-state index in [0.29, 0.717) is 5.75 Å². The highest BCUT2D eigenvalue weighted by Crippen LogP contribution is 2.20. The van der Waals surface area contributed by atoms with E-state index in [2.05, 4.69) is 30.2 Å². The lowest BCUT2D eigenvalue weighted by Crippen LogP contribution is -2.22. The first-order valence-corrected chi connectivity index (χ1v) is 6.11. The van der Waals surface area contributed by atoms with E-state index in [-0.39, 0.29) is 12.1 Å². The molecule has 1 unspecified atom stereocenters. The number of aromatic nitrogens is 1.